The second-order valence-corrected chi connectivity index (χ2v) is 11.3. The van der Waals surface area contributed by atoms with Crippen LogP contribution in [0.4, 0.5) is 10.1 Å². The van der Waals surface area contributed by atoms with Crippen molar-refractivity contribution in [3.8, 4) is 11.5 Å². The molecule has 2 fully saturated rings. The zero-order chi connectivity index (χ0) is 27.9. The van der Waals surface area contributed by atoms with E-state index in [0.29, 0.717) is 40.8 Å². The zero-order valence-electron chi connectivity index (χ0n) is 23.0. The Morgan fingerprint density at radius 1 is 1.28 bits per heavy atom. The Balaban J connectivity index is 1.58. The predicted octanol–water partition coefficient (Wildman–Crippen LogP) is 6.56. The SMILES string of the molecule is CCOc1c(C=C2CCC(N=C(C)C(=O)OC(C)(C)C)C2)c(F)cc2c3c(c(=O)cc(C4CC4)c12)N=C=CO3. The highest BCUT2D eigenvalue weighted by atomic mass is 19.1. The van der Waals surface area contributed by atoms with Crippen molar-refractivity contribution in [1.82, 2.24) is 0 Å². The van der Waals surface area contributed by atoms with Crippen LogP contribution in [0.15, 0.2) is 38.7 Å². The van der Waals surface area contributed by atoms with Gasteiger partial charge in [-0.25, -0.2) is 9.18 Å². The van der Waals surface area contributed by atoms with Crippen LogP contribution in [-0.4, -0.2) is 35.8 Å². The van der Waals surface area contributed by atoms with Gasteiger partial charge in [0.15, 0.2) is 17.7 Å². The van der Waals surface area contributed by atoms with Gasteiger partial charge in [0.1, 0.15) is 22.9 Å². The lowest BCUT2D eigenvalue weighted by molar-refractivity contribution is -0.146. The topological polar surface area (TPSA) is 86.6 Å². The van der Waals surface area contributed by atoms with Crippen LogP contribution in [0.25, 0.3) is 16.8 Å². The number of rotatable bonds is 6. The van der Waals surface area contributed by atoms with Crippen LogP contribution >= 0.6 is 0 Å². The molecule has 3 aliphatic rings. The Labute approximate surface area is 227 Å². The van der Waals surface area contributed by atoms with Gasteiger partial charge in [-0.2, -0.15) is 4.99 Å². The maximum absolute atomic E-state index is 15.9. The first-order valence-corrected chi connectivity index (χ1v) is 13.5. The van der Waals surface area contributed by atoms with Gasteiger partial charge in [-0.3, -0.25) is 9.79 Å². The van der Waals surface area contributed by atoms with Gasteiger partial charge in [-0.15, -0.1) is 0 Å². The minimum absolute atomic E-state index is 0.0873. The molecule has 0 N–H and O–H groups in total. The standard InChI is InChI=1S/C31H33FN2O5/c1-6-37-28-22(14-18-7-10-20(13-18)34-17(2)30(36)39-31(3,4)5)24(32)15-23-26(28)21(19-8-9-19)16-25(35)27-29(23)38-12-11-33-27/h12,14-16,19-20H,6-10,13H2,1-5H3. The number of hydrogen-bond donors (Lipinski definition) is 0. The molecule has 2 aromatic carbocycles. The molecule has 8 heteroatoms. The van der Waals surface area contributed by atoms with Gasteiger partial charge in [0, 0.05) is 16.6 Å². The van der Waals surface area contributed by atoms with Gasteiger partial charge < -0.3 is 14.2 Å². The van der Waals surface area contributed by atoms with E-state index in [1.54, 1.807) is 13.0 Å². The lowest BCUT2D eigenvalue weighted by Crippen LogP contribution is -2.28. The summed E-state index contributed by atoms with van der Waals surface area (Å²) >= 11 is 0. The fourth-order valence-corrected chi connectivity index (χ4v) is 5.16. The van der Waals surface area contributed by atoms with E-state index in [9.17, 15) is 9.59 Å². The van der Waals surface area contributed by atoms with E-state index in [0.717, 1.165) is 36.8 Å². The second kappa shape index (κ2) is 10.4. The van der Waals surface area contributed by atoms with Gasteiger partial charge in [0.2, 0.25) is 5.43 Å². The van der Waals surface area contributed by atoms with Crippen molar-refractivity contribution in [2.24, 2.45) is 9.98 Å². The fourth-order valence-electron chi connectivity index (χ4n) is 5.16. The molecular formula is C31H33FN2O5. The summed E-state index contributed by atoms with van der Waals surface area (Å²) in [6.45, 7) is 9.30. The monoisotopic (exact) mass is 532 g/mol. The highest BCUT2D eigenvalue weighted by molar-refractivity contribution is 6.35. The van der Waals surface area contributed by atoms with Crippen LogP contribution in [0, 0.1) is 5.82 Å². The molecule has 0 saturated heterocycles. The molecule has 2 aliphatic carbocycles. The van der Waals surface area contributed by atoms with E-state index in [4.69, 9.17) is 14.2 Å². The van der Waals surface area contributed by atoms with Crippen molar-refractivity contribution in [2.75, 3.05) is 6.61 Å². The molecule has 2 saturated carbocycles. The smallest absolute Gasteiger partial charge is 0.352 e. The van der Waals surface area contributed by atoms with E-state index in [-0.39, 0.29) is 28.8 Å². The quantitative estimate of drug-likeness (QED) is 0.311. The summed E-state index contributed by atoms with van der Waals surface area (Å²) in [5.41, 5.74) is 1.75. The molecule has 1 aliphatic heterocycles. The summed E-state index contributed by atoms with van der Waals surface area (Å²) in [7, 11) is 0. The molecule has 1 unspecified atom stereocenters. The van der Waals surface area contributed by atoms with Gasteiger partial charge >= 0.3 is 5.97 Å². The van der Waals surface area contributed by atoms with Gasteiger partial charge in [0.25, 0.3) is 0 Å². The first kappa shape index (κ1) is 26.8. The number of carbonyl (C=O) groups excluding carboxylic acids is 1. The van der Waals surface area contributed by atoms with Gasteiger partial charge in [-0.1, -0.05) is 5.57 Å². The van der Waals surface area contributed by atoms with Crippen molar-refractivity contribution in [1.29, 1.82) is 0 Å². The number of ether oxygens (including phenoxy) is 3. The summed E-state index contributed by atoms with van der Waals surface area (Å²) in [6.07, 6.45) is 7.07. The van der Waals surface area contributed by atoms with Crippen LogP contribution in [0.3, 0.4) is 0 Å². The Hall–Kier alpha value is -3.77. The van der Waals surface area contributed by atoms with E-state index in [1.165, 1.54) is 12.3 Å². The Kier molecular flexibility index (Phi) is 7.17. The largest absolute Gasteiger partial charge is 0.492 e. The average molecular weight is 533 g/mol. The molecule has 0 radical (unpaired) electrons. The van der Waals surface area contributed by atoms with Crippen molar-refractivity contribution in [2.45, 2.75) is 84.3 Å². The Morgan fingerprint density at radius 2 is 2.05 bits per heavy atom. The van der Waals surface area contributed by atoms with E-state index in [2.05, 4.69) is 15.9 Å². The lowest BCUT2D eigenvalue weighted by atomic mass is 9.98. The molecule has 0 aromatic heterocycles. The number of aliphatic imine (C=N–C) groups is 2. The molecule has 5 rings (SSSR count). The summed E-state index contributed by atoms with van der Waals surface area (Å²) in [6, 6.07) is 2.92. The predicted molar refractivity (Wildman–Crippen MR) is 150 cm³/mol. The van der Waals surface area contributed by atoms with E-state index >= 15 is 4.39 Å². The molecule has 0 bridgehead atoms. The number of hydrogen-bond acceptors (Lipinski definition) is 7. The van der Waals surface area contributed by atoms with Crippen molar-refractivity contribution in [3.05, 3.63) is 51.1 Å². The first-order chi connectivity index (χ1) is 18.6. The van der Waals surface area contributed by atoms with Crippen LogP contribution in [0.1, 0.15) is 83.8 Å². The number of benzene rings is 1. The number of esters is 1. The van der Waals surface area contributed by atoms with Gasteiger partial charge in [-0.05, 0) is 96.4 Å². The van der Waals surface area contributed by atoms with Crippen LogP contribution in [0.5, 0.6) is 11.5 Å². The Bertz CT molecular complexity index is 1540. The molecule has 0 spiro atoms. The molecule has 1 atom stereocenters. The van der Waals surface area contributed by atoms with Crippen LogP contribution in [0.2, 0.25) is 0 Å². The first-order valence-electron chi connectivity index (χ1n) is 13.5. The molecule has 1 heterocycles. The third-order valence-electron chi connectivity index (χ3n) is 6.96. The maximum atomic E-state index is 15.9. The third-order valence-corrected chi connectivity index (χ3v) is 6.96. The summed E-state index contributed by atoms with van der Waals surface area (Å²) in [5, 5.41) is 1.14. The van der Waals surface area contributed by atoms with E-state index < -0.39 is 17.4 Å². The number of halogens is 1. The third kappa shape index (κ3) is 5.66. The number of fused-ring (bicyclic) bond motifs is 3. The second-order valence-electron chi connectivity index (χ2n) is 11.3. The summed E-state index contributed by atoms with van der Waals surface area (Å²) in [4.78, 5) is 34.2. The average Bonchev–Trinajstić information content (AvgIpc) is 3.64. The number of carbonyl (C=O) groups is 1. The molecule has 2 aromatic rings. The number of nitrogens with zero attached hydrogens (tertiary/aromatic N) is 2. The molecule has 39 heavy (non-hydrogen) atoms. The van der Waals surface area contributed by atoms with Crippen molar-refractivity contribution in [3.63, 3.8) is 0 Å². The Morgan fingerprint density at radius 3 is 2.74 bits per heavy atom. The lowest BCUT2D eigenvalue weighted by Gasteiger charge is -2.19. The van der Waals surface area contributed by atoms with E-state index in [1.807, 2.05) is 33.8 Å². The van der Waals surface area contributed by atoms with Crippen molar-refractivity contribution >= 4 is 40.1 Å². The zero-order valence-corrected chi connectivity index (χ0v) is 23.0. The summed E-state index contributed by atoms with van der Waals surface area (Å²) in [5.74, 6) is 2.49. The van der Waals surface area contributed by atoms with Gasteiger partial charge in [0.05, 0.1) is 18.2 Å². The maximum Gasteiger partial charge on any atom is 0.352 e. The molecule has 7 nitrogen and oxygen atoms in total. The van der Waals surface area contributed by atoms with Crippen LogP contribution < -0.4 is 14.9 Å². The molecule has 204 valence electrons. The minimum atomic E-state index is -0.590. The normalized spacial score (nSPS) is 19.8. The molecule has 0 amide bonds. The van der Waals surface area contributed by atoms with Crippen LogP contribution in [-0.2, 0) is 9.53 Å². The summed E-state index contributed by atoms with van der Waals surface area (Å²) < 4.78 is 33.1. The fraction of sp³-hybridized carbons (Fsp3) is 0.452. The van der Waals surface area contributed by atoms with Crippen molar-refractivity contribution < 1.29 is 23.4 Å². The minimum Gasteiger partial charge on any atom is -0.492 e. The highest BCUT2D eigenvalue weighted by Crippen LogP contribution is 2.49. The molecular weight excluding hydrogens is 499 g/mol. The highest BCUT2D eigenvalue weighted by Gasteiger charge is 2.31.